The molecule has 2 aromatic rings. The summed E-state index contributed by atoms with van der Waals surface area (Å²) in [6, 6.07) is 8.12. The molecule has 0 bridgehead atoms. The molecule has 0 nitrogen and oxygen atoms in total. The fourth-order valence-corrected chi connectivity index (χ4v) is 4.54. The highest BCUT2D eigenvalue weighted by atomic mass is 35.5. The Balaban J connectivity index is 2.13. The van der Waals surface area contributed by atoms with Crippen molar-refractivity contribution >= 4 is 40.1 Å². The standard InChI is InChI=1S/C19H16Cl2/c1-19-10-3-2-5-12(19)8-9-14-13-6-4-7-16(20)15(13)11-17(21)18(14)19/h4-9,11H,2-3,10H2,1H3. The number of hydrogen-bond acceptors (Lipinski definition) is 0. The Morgan fingerprint density at radius 3 is 2.76 bits per heavy atom. The molecule has 0 spiro atoms. The molecule has 2 heteroatoms. The van der Waals surface area contributed by atoms with Crippen LogP contribution in [0.2, 0.25) is 10.0 Å². The summed E-state index contributed by atoms with van der Waals surface area (Å²) in [5.74, 6) is 0. The maximum atomic E-state index is 6.68. The summed E-state index contributed by atoms with van der Waals surface area (Å²) in [6.07, 6.45) is 10.4. The molecular formula is C19H16Cl2. The number of hydrogen-bond donors (Lipinski definition) is 0. The van der Waals surface area contributed by atoms with Crippen molar-refractivity contribution in [2.45, 2.75) is 31.6 Å². The van der Waals surface area contributed by atoms with E-state index in [1.807, 2.05) is 18.2 Å². The molecule has 2 aliphatic carbocycles. The molecule has 0 aliphatic heterocycles. The Morgan fingerprint density at radius 1 is 1.05 bits per heavy atom. The predicted molar refractivity (Wildman–Crippen MR) is 92.3 cm³/mol. The SMILES string of the molecule is CC12CCCC=C1C=Cc1c2c(Cl)cc2c(Cl)cccc12. The number of benzene rings is 2. The molecule has 1 unspecified atom stereocenters. The first-order valence-electron chi connectivity index (χ1n) is 7.41. The van der Waals surface area contributed by atoms with Crippen molar-refractivity contribution in [3.8, 4) is 0 Å². The molecule has 0 fully saturated rings. The third kappa shape index (κ3) is 1.82. The molecule has 0 saturated carbocycles. The van der Waals surface area contributed by atoms with Gasteiger partial charge in [-0.05, 0) is 53.5 Å². The average molecular weight is 315 g/mol. The molecule has 0 N–H and O–H groups in total. The second-order valence-electron chi connectivity index (χ2n) is 6.20. The predicted octanol–water partition coefficient (Wildman–Crippen LogP) is 6.54. The van der Waals surface area contributed by atoms with Crippen LogP contribution in [0.3, 0.4) is 0 Å². The van der Waals surface area contributed by atoms with E-state index in [9.17, 15) is 0 Å². The first-order valence-corrected chi connectivity index (χ1v) is 8.17. The molecule has 4 rings (SSSR count). The minimum absolute atomic E-state index is 0.0376. The van der Waals surface area contributed by atoms with Crippen LogP contribution in [0.15, 0.2) is 42.0 Å². The van der Waals surface area contributed by atoms with Crippen LogP contribution in [0.1, 0.15) is 37.3 Å². The molecule has 2 aliphatic rings. The van der Waals surface area contributed by atoms with E-state index >= 15 is 0 Å². The van der Waals surface area contributed by atoms with Crippen molar-refractivity contribution in [2.75, 3.05) is 0 Å². The number of allylic oxidation sites excluding steroid dienone is 3. The summed E-state index contributed by atoms with van der Waals surface area (Å²) >= 11 is 13.0. The Bertz CT molecular complexity index is 814. The summed E-state index contributed by atoms with van der Waals surface area (Å²) in [5.41, 5.74) is 3.95. The van der Waals surface area contributed by atoms with Crippen LogP contribution < -0.4 is 0 Å². The van der Waals surface area contributed by atoms with Gasteiger partial charge in [0.15, 0.2) is 0 Å². The van der Waals surface area contributed by atoms with Crippen LogP contribution >= 0.6 is 23.2 Å². The summed E-state index contributed by atoms with van der Waals surface area (Å²) < 4.78 is 0. The summed E-state index contributed by atoms with van der Waals surface area (Å²) in [5, 5.41) is 3.84. The van der Waals surface area contributed by atoms with Crippen LogP contribution in [0, 0.1) is 0 Å². The third-order valence-electron chi connectivity index (χ3n) is 4.99. The van der Waals surface area contributed by atoms with Gasteiger partial charge in [-0.3, -0.25) is 0 Å². The van der Waals surface area contributed by atoms with Gasteiger partial charge in [-0.25, -0.2) is 0 Å². The van der Waals surface area contributed by atoms with Gasteiger partial charge in [-0.2, -0.15) is 0 Å². The normalized spacial score (nSPS) is 23.7. The van der Waals surface area contributed by atoms with Gasteiger partial charge in [0.1, 0.15) is 0 Å². The lowest BCUT2D eigenvalue weighted by atomic mass is 9.65. The number of rotatable bonds is 0. The molecule has 0 heterocycles. The quantitative estimate of drug-likeness (QED) is 0.517. The van der Waals surface area contributed by atoms with Crippen molar-refractivity contribution in [2.24, 2.45) is 0 Å². The molecule has 1 atom stereocenters. The third-order valence-corrected chi connectivity index (χ3v) is 5.61. The fourth-order valence-electron chi connectivity index (χ4n) is 3.89. The van der Waals surface area contributed by atoms with E-state index in [2.05, 4.69) is 31.2 Å². The zero-order valence-corrected chi connectivity index (χ0v) is 13.4. The highest BCUT2D eigenvalue weighted by molar-refractivity contribution is 6.37. The van der Waals surface area contributed by atoms with Crippen LogP contribution in [0.25, 0.3) is 16.8 Å². The van der Waals surface area contributed by atoms with Gasteiger partial charge >= 0.3 is 0 Å². The van der Waals surface area contributed by atoms with E-state index in [-0.39, 0.29) is 5.41 Å². The Kier molecular flexibility index (Phi) is 2.96. The number of halogens is 2. The molecule has 2 aromatic carbocycles. The minimum atomic E-state index is 0.0376. The molecular weight excluding hydrogens is 299 g/mol. The van der Waals surface area contributed by atoms with Crippen molar-refractivity contribution in [3.05, 3.63) is 63.2 Å². The second-order valence-corrected chi connectivity index (χ2v) is 7.01. The summed E-state index contributed by atoms with van der Waals surface area (Å²) in [4.78, 5) is 0. The van der Waals surface area contributed by atoms with Gasteiger partial charge < -0.3 is 0 Å². The first-order chi connectivity index (χ1) is 10.1. The van der Waals surface area contributed by atoms with Gasteiger partial charge in [-0.15, -0.1) is 0 Å². The van der Waals surface area contributed by atoms with E-state index in [1.54, 1.807) is 0 Å². The van der Waals surface area contributed by atoms with Gasteiger partial charge in [0.2, 0.25) is 0 Å². The second kappa shape index (κ2) is 4.63. The zero-order valence-electron chi connectivity index (χ0n) is 11.9. The van der Waals surface area contributed by atoms with E-state index < -0.39 is 0 Å². The van der Waals surface area contributed by atoms with Gasteiger partial charge in [-0.1, -0.05) is 60.5 Å². The maximum Gasteiger partial charge on any atom is 0.0485 e. The molecule has 0 radical (unpaired) electrons. The molecule has 0 amide bonds. The zero-order chi connectivity index (χ0) is 14.6. The first kappa shape index (κ1) is 13.4. The average Bonchev–Trinajstić information content (AvgIpc) is 2.47. The van der Waals surface area contributed by atoms with Gasteiger partial charge in [0.05, 0.1) is 0 Å². The van der Waals surface area contributed by atoms with Gasteiger partial charge in [0, 0.05) is 20.8 Å². The van der Waals surface area contributed by atoms with Crippen LogP contribution in [0.4, 0.5) is 0 Å². The van der Waals surface area contributed by atoms with Crippen molar-refractivity contribution in [3.63, 3.8) is 0 Å². The van der Waals surface area contributed by atoms with Crippen molar-refractivity contribution < 1.29 is 0 Å². The number of fused-ring (bicyclic) bond motifs is 5. The molecule has 0 aromatic heterocycles. The highest BCUT2D eigenvalue weighted by Gasteiger charge is 2.37. The summed E-state index contributed by atoms with van der Waals surface area (Å²) in [6.45, 7) is 2.32. The van der Waals surface area contributed by atoms with E-state index in [0.717, 1.165) is 21.9 Å². The lowest BCUT2D eigenvalue weighted by Gasteiger charge is -2.39. The van der Waals surface area contributed by atoms with Crippen molar-refractivity contribution in [1.29, 1.82) is 0 Å². The monoisotopic (exact) mass is 314 g/mol. The maximum absolute atomic E-state index is 6.68. The van der Waals surface area contributed by atoms with Crippen LogP contribution in [0.5, 0.6) is 0 Å². The van der Waals surface area contributed by atoms with E-state index in [0.29, 0.717) is 0 Å². The fraction of sp³-hybridized carbons (Fsp3) is 0.263. The summed E-state index contributed by atoms with van der Waals surface area (Å²) in [7, 11) is 0. The largest absolute Gasteiger partial charge is 0.0840 e. The Hall–Kier alpha value is -1.24. The topological polar surface area (TPSA) is 0 Å². The molecule has 0 saturated heterocycles. The molecule has 106 valence electrons. The van der Waals surface area contributed by atoms with Gasteiger partial charge in [0.25, 0.3) is 0 Å². The molecule has 21 heavy (non-hydrogen) atoms. The van der Waals surface area contributed by atoms with Crippen molar-refractivity contribution in [1.82, 2.24) is 0 Å². The van der Waals surface area contributed by atoms with E-state index in [1.165, 1.54) is 34.9 Å². The van der Waals surface area contributed by atoms with Crippen LogP contribution in [-0.4, -0.2) is 0 Å². The lowest BCUT2D eigenvalue weighted by Crippen LogP contribution is -2.29. The Labute approximate surface area is 135 Å². The van der Waals surface area contributed by atoms with Crippen LogP contribution in [-0.2, 0) is 5.41 Å². The Morgan fingerprint density at radius 2 is 1.90 bits per heavy atom. The lowest BCUT2D eigenvalue weighted by molar-refractivity contribution is 0.473. The minimum Gasteiger partial charge on any atom is -0.0840 e. The smallest absolute Gasteiger partial charge is 0.0485 e. The van der Waals surface area contributed by atoms with E-state index in [4.69, 9.17) is 23.2 Å². The highest BCUT2D eigenvalue weighted by Crippen LogP contribution is 2.50.